The number of rotatable bonds is 4. The molecule has 3 heteroatoms. The van der Waals surface area contributed by atoms with Crippen molar-refractivity contribution in [2.75, 3.05) is 19.6 Å². The first-order chi connectivity index (χ1) is 9.24. The van der Waals surface area contributed by atoms with Gasteiger partial charge >= 0.3 is 0 Å². The summed E-state index contributed by atoms with van der Waals surface area (Å²) in [7, 11) is 0. The van der Waals surface area contributed by atoms with Gasteiger partial charge in [0.25, 0.3) is 0 Å². The standard InChI is InChI=1S/C16H23FN2/c1-2-19-10-13(12-3-5-14(17)6-4-12)9-16(11-19)18-15-7-8-15/h3-6,13,15-16,18H,2,7-11H2,1H3. The highest BCUT2D eigenvalue weighted by molar-refractivity contribution is 5.22. The van der Waals surface area contributed by atoms with Gasteiger partial charge in [-0.05, 0) is 49.4 Å². The molecule has 1 saturated heterocycles. The molecule has 0 aromatic heterocycles. The Morgan fingerprint density at radius 1 is 1.16 bits per heavy atom. The molecule has 2 unspecified atom stereocenters. The Bertz CT molecular complexity index is 413. The van der Waals surface area contributed by atoms with E-state index >= 15 is 0 Å². The Morgan fingerprint density at radius 3 is 2.53 bits per heavy atom. The van der Waals surface area contributed by atoms with Crippen molar-refractivity contribution in [1.82, 2.24) is 10.2 Å². The zero-order valence-corrected chi connectivity index (χ0v) is 11.6. The lowest BCUT2D eigenvalue weighted by atomic mass is 9.88. The molecule has 0 amide bonds. The summed E-state index contributed by atoms with van der Waals surface area (Å²) in [6, 6.07) is 8.43. The highest BCUT2D eigenvalue weighted by Crippen LogP contribution is 2.29. The predicted molar refractivity (Wildman–Crippen MR) is 75.8 cm³/mol. The average Bonchev–Trinajstić information content (AvgIpc) is 3.23. The summed E-state index contributed by atoms with van der Waals surface area (Å²) in [6.07, 6.45) is 3.85. The van der Waals surface area contributed by atoms with Gasteiger partial charge in [-0.2, -0.15) is 0 Å². The van der Waals surface area contributed by atoms with E-state index in [1.165, 1.54) is 24.8 Å². The van der Waals surface area contributed by atoms with Crippen LogP contribution in [0.3, 0.4) is 0 Å². The second kappa shape index (κ2) is 5.59. The van der Waals surface area contributed by atoms with Gasteiger partial charge < -0.3 is 10.2 Å². The summed E-state index contributed by atoms with van der Waals surface area (Å²) >= 11 is 0. The van der Waals surface area contributed by atoms with Gasteiger partial charge in [-0.3, -0.25) is 0 Å². The lowest BCUT2D eigenvalue weighted by Gasteiger charge is -2.38. The van der Waals surface area contributed by atoms with Crippen LogP contribution >= 0.6 is 0 Å². The molecular formula is C16H23FN2. The summed E-state index contributed by atoms with van der Waals surface area (Å²) in [4.78, 5) is 2.51. The van der Waals surface area contributed by atoms with Crippen LogP contribution in [-0.2, 0) is 0 Å². The highest BCUT2D eigenvalue weighted by Gasteiger charge is 2.31. The van der Waals surface area contributed by atoms with Gasteiger partial charge in [0.05, 0.1) is 0 Å². The molecule has 1 saturated carbocycles. The lowest BCUT2D eigenvalue weighted by molar-refractivity contribution is 0.178. The molecule has 3 rings (SSSR count). The second-order valence-electron chi connectivity index (χ2n) is 5.97. The maximum atomic E-state index is 13.0. The minimum absolute atomic E-state index is 0.139. The normalized spacial score (nSPS) is 28.5. The molecule has 0 bridgehead atoms. The monoisotopic (exact) mass is 262 g/mol. The first kappa shape index (κ1) is 13.1. The van der Waals surface area contributed by atoms with Gasteiger partial charge in [0, 0.05) is 25.2 Å². The Kier molecular flexibility index (Phi) is 3.85. The third kappa shape index (κ3) is 3.34. The molecule has 0 spiro atoms. The lowest BCUT2D eigenvalue weighted by Crippen LogP contribution is -2.49. The number of piperidine rings is 1. The van der Waals surface area contributed by atoms with Crippen LogP contribution in [0.25, 0.3) is 0 Å². The summed E-state index contributed by atoms with van der Waals surface area (Å²) < 4.78 is 13.0. The SMILES string of the molecule is CCN1CC(NC2CC2)CC(c2ccc(F)cc2)C1. The van der Waals surface area contributed by atoms with Crippen molar-refractivity contribution in [3.63, 3.8) is 0 Å². The fraction of sp³-hybridized carbons (Fsp3) is 0.625. The van der Waals surface area contributed by atoms with Gasteiger partial charge in [-0.15, -0.1) is 0 Å². The van der Waals surface area contributed by atoms with E-state index in [2.05, 4.69) is 17.1 Å². The number of nitrogens with one attached hydrogen (secondary N) is 1. The minimum Gasteiger partial charge on any atom is -0.310 e. The van der Waals surface area contributed by atoms with Crippen LogP contribution in [0.4, 0.5) is 4.39 Å². The van der Waals surface area contributed by atoms with E-state index in [4.69, 9.17) is 0 Å². The molecule has 2 fully saturated rings. The van der Waals surface area contributed by atoms with Crippen molar-refractivity contribution >= 4 is 0 Å². The summed E-state index contributed by atoms with van der Waals surface area (Å²) in [6.45, 7) is 5.58. The minimum atomic E-state index is -0.139. The quantitative estimate of drug-likeness (QED) is 0.897. The predicted octanol–water partition coefficient (Wildman–Crippen LogP) is 2.76. The molecule has 104 valence electrons. The Balaban J connectivity index is 1.69. The van der Waals surface area contributed by atoms with Crippen molar-refractivity contribution < 1.29 is 4.39 Å². The fourth-order valence-electron chi connectivity index (χ4n) is 3.13. The van der Waals surface area contributed by atoms with Gasteiger partial charge in [-0.1, -0.05) is 19.1 Å². The third-order valence-corrected chi connectivity index (χ3v) is 4.36. The molecule has 1 N–H and O–H groups in total. The molecule has 1 heterocycles. The molecule has 19 heavy (non-hydrogen) atoms. The molecule has 1 aromatic rings. The Labute approximate surface area is 115 Å². The molecule has 2 nitrogen and oxygen atoms in total. The summed E-state index contributed by atoms with van der Waals surface area (Å²) in [5, 5.41) is 3.75. The number of benzene rings is 1. The molecule has 1 aliphatic carbocycles. The largest absolute Gasteiger partial charge is 0.310 e. The van der Waals surface area contributed by atoms with Crippen LogP contribution in [0.5, 0.6) is 0 Å². The second-order valence-corrected chi connectivity index (χ2v) is 5.97. The molecule has 0 radical (unpaired) electrons. The van der Waals surface area contributed by atoms with Crippen LogP contribution < -0.4 is 5.32 Å². The van der Waals surface area contributed by atoms with Crippen molar-refractivity contribution in [1.29, 1.82) is 0 Å². The van der Waals surface area contributed by atoms with E-state index in [-0.39, 0.29) is 5.82 Å². The van der Waals surface area contributed by atoms with Crippen LogP contribution in [0.2, 0.25) is 0 Å². The van der Waals surface area contributed by atoms with Gasteiger partial charge in [-0.25, -0.2) is 4.39 Å². The van der Waals surface area contributed by atoms with Crippen molar-refractivity contribution in [3.05, 3.63) is 35.6 Å². The van der Waals surface area contributed by atoms with E-state index in [0.717, 1.165) is 25.7 Å². The highest BCUT2D eigenvalue weighted by atomic mass is 19.1. The van der Waals surface area contributed by atoms with Crippen LogP contribution in [0.1, 0.15) is 37.7 Å². The first-order valence-corrected chi connectivity index (χ1v) is 7.48. The topological polar surface area (TPSA) is 15.3 Å². The number of hydrogen-bond donors (Lipinski definition) is 1. The smallest absolute Gasteiger partial charge is 0.123 e. The molecule has 2 aliphatic rings. The van der Waals surface area contributed by atoms with E-state index in [1.54, 1.807) is 12.1 Å². The van der Waals surface area contributed by atoms with Crippen molar-refractivity contribution in [2.24, 2.45) is 0 Å². The number of nitrogens with zero attached hydrogens (tertiary/aromatic N) is 1. The van der Waals surface area contributed by atoms with Gasteiger partial charge in [0.15, 0.2) is 0 Å². The number of hydrogen-bond acceptors (Lipinski definition) is 2. The van der Waals surface area contributed by atoms with Gasteiger partial charge in [0.1, 0.15) is 5.82 Å². The zero-order valence-electron chi connectivity index (χ0n) is 11.6. The average molecular weight is 262 g/mol. The molecule has 1 aliphatic heterocycles. The number of likely N-dealkylation sites (tertiary alicyclic amines) is 1. The Hall–Kier alpha value is -0.930. The van der Waals surface area contributed by atoms with Crippen LogP contribution in [-0.4, -0.2) is 36.6 Å². The number of halogens is 1. The van der Waals surface area contributed by atoms with E-state index in [0.29, 0.717) is 12.0 Å². The summed E-state index contributed by atoms with van der Waals surface area (Å²) in [5.41, 5.74) is 1.28. The van der Waals surface area contributed by atoms with Gasteiger partial charge in [0.2, 0.25) is 0 Å². The summed E-state index contributed by atoms with van der Waals surface area (Å²) in [5.74, 6) is 0.394. The van der Waals surface area contributed by atoms with Crippen molar-refractivity contribution in [3.8, 4) is 0 Å². The van der Waals surface area contributed by atoms with Crippen molar-refractivity contribution in [2.45, 2.75) is 44.2 Å². The molecular weight excluding hydrogens is 239 g/mol. The van der Waals surface area contributed by atoms with Crippen LogP contribution in [0, 0.1) is 5.82 Å². The van der Waals surface area contributed by atoms with E-state index in [1.807, 2.05) is 12.1 Å². The molecule has 1 aromatic carbocycles. The third-order valence-electron chi connectivity index (χ3n) is 4.36. The Morgan fingerprint density at radius 2 is 1.89 bits per heavy atom. The first-order valence-electron chi connectivity index (χ1n) is 7.48. The maximum Gasteiger partial charge on any atom is 0.123 e. The number of likely N-dealkylation sites (N-methyl/N-ethyl adjacent to an activating group) is 1. The fourth-order valence-corrected chi connectivity index (χ4v) is 3.13. The zero-order chi connectivity index (χ0) is 13.2. The molecule has 2 atom stereocenters. The van der Waals surface area contributed by atoms with Crippen LogP contribution in [0.15, 0.2) is 24.3 Å². The van der Waals surface area contributed by atoms with E-state index < -0.39 is 0 Å². The maximum absolute atomic E-state index is 13.0. The van der Waals surface area contributed by atoms with E-state index in [9.17, 15) is 4.39 Å².